The molecule has 0 atom stereocenters. The van der Waals surface area contributed by atoms with Gasteiger partial charge in [0.25, 0.3) is 5.91 Å². The second-order valence-corrected chi connectivity index (χ2v) is 6.30. The van der Waals surface area contributed by atoms with Gasteiger partial charge in [0, 0.05) is 43.0 Å². The number of aromatic nitrogens is 3. The van der Waals surface area contributed by atoms with Gasteiger partial charge < -0.3 is 15.0 Å². The number of fused-ring (bicyclic) bond motifs is 1. The molecular weight excluding hydrogens is 344 g/mol. The summed E-state index contributed by atoms with van der Waals surface area (Å²) in [5.74, 6) is 0.151. The van der Waals surface area contributed by atoms with E-state index in [1.54, 1.807) is 30.9 Å². The van der Waals surface area contributed by atoms with E-state index in [0.717, 1.165) is 24.1 Å². The molecular formula is C20H18N4O3. The number of carbonyl (C=O) groups is 2. The summed E-state index contributed by atoms with van der Waals surface area (Å²) in [6.07, 6.45) is 10.2. The van der Waals surface area contributed by atoms with Gasteiger partial charge in [-0.1, -0.05) is 0 Å². The van der Waals surface area contributed by atoms with Gasteiger partial charge in [0.1, 0.15) is 18.0 Å². The molecule has 4 rings (SSSR count). The summed E-state index contributed by atoms with van der Waals surface area (Å²) in [5.41, 5.74) is 3.11. The number of nitrogens with one attached hydrogen (secondary N) is 2. The number of hydrogen-bond donors (Lipinski definition) is 2. The highest BCUT2D eigenvalue weighted by Gasteiger charge is 2.26. The van der Waals surface area contributed by atoms with Crippen molar-refractivity contribution in [2.45, 2.75) is 25.9 Å². The number of hydrogen-bond acceptors (Lipinski definition) is 5. The van der Waals surface area contributed by atoms with Crippen LogP contribution in [0.3, 0.4) is 0 Å². The molecule has 0 saturated carbocycles. The number of ketones is 1. The first kappa shape index (κ1) is 17.0. The average molecular weight is 362 g/mol. The lowest BCUT2D eigenvalue weighted by Gasteiger charge is -2.14. The first-order valence-corrected chi connectivity index (χ1v) is 8.73. The van der Waals surface area contributed by atoms with Gasteiger partial charge in [-0.15, -0.1) is 0 Å². The van der Waals surface area contributed by atoms with Crippen LogP contribution in [-0.4, -0.2) is 26.6 Å². The molecule has 1 aliphatic carbocycles. The van der Waals surface area contributed by atoms with Crippen molar-refractivity contribution in [1.82, 2.24) is 15.0 Å². The molecule has 0 fully saturated rings. The summed E-state index contributed by atoms with van der Waals surface area (Å²) < 4.78 is 5.82. The highest BCUT2D eigenvalue weighted by molar-refractivity contribution is 6.13. The van der Waals surface area contributed by atoms with Crippen LogP contribution >= 0.6 is 0 Å². The van der Waals surface area contributed by atoms with E-state index in [4.69, 9.17) is 4.74 Å². The normalized spacial score (nSPS) is 13.1. The quantitative estimate of drug-likeness (QED) is 0.727. The molecule has 7 heteroatoms. The molecule has 27 heavy (non-hydrogen) atoms. The topological polar surface area (TPSA) is 97.0 Å². The van der Waals surface area contributed by atoms with Gasteiger partial charge in [0.05, 0.1) is 17.3 Å². The Morgan fingerprint density at radius 1 is 1.15 bits per heavy atom. The summed E-state index contributed by atoms with van der Waals surface area (Å²) in [6.45, 7) is 0.341. The molecule has 0 aromatic carbocycles. The van der Waals surface area contributed by atoms with E-state index in [0.29, 0.717) is 35.6 Å². The maximum atomic E-state index is 12.7. The number of aromatic amines is 1. The third-order valence-electron chi connectivity index (χ3n) is 4.49. The number of carbonyl (C=O) groups excluding carboxylic acids is 2. The molecule has 3 heterocycles. The van der Waals surface area contributed by atoms with Crippen LogP contribution in [0.5, 0.6) is 5.75 Å². The SMILES string of the molecule is O=C(Nc1cnccc1OCc1ccncc1)c1c[nH]c2c1C(=O)CCC2. The minimum atomic E-state index is -0.357. The number of Topliss-reactive ketones (excluding diaryl/α,β-unsaturated/α-hetero) is 1. The average Bonchev–Trinajstić information content (AvgIpc) is 3.14. The first-order valence-electron chi connectivity index (χ1n) is 8.73. The van der Waals surface area contributed by atoms with Crippen molar-refractivity contribution >= 4 is 17.4 Å². The van der Waals surface area contributed by atoms with Crippen LogP contribution in [0.25, 0.3) is 0 Å². The van der Waals surface area contributed by atoms with Crippen molar-refractivity contribution in [3.05, 3.63) is 71.6 Å². The second kappa shape index (κ2) is 7.41. The van der Waals surface area contributed by atoms with Crippen LogP contribution < -0.4 is 10.1 Å². The van der Waals surface area contributed by atoms with Crippen LogP contribution in [0.4, 0.5) is 5.69 Å². The molecule has 0 radical (unpaired) electrons. The zero-order valence-corrected chi connectivity index (χ0v) is 14.6. The number of ether oxygens (including phenoxy) is 1. The Hall–Kier alpha value is -3.48. The van der Waals surface area contributed by atoms with Gasteiger partial charge in [0.15, 0.2) is 5.78 Å². The fourth-order valence-electron chi connectivity index (χ4n) is 3.14. The fraction of sp³-hybridized carbons (Fsp3) is 0.200. The number of anilines is 1. The predicted molar refractivity (Wildman–Crippen MR) is 98.8 cm³/mol. The van der Waals surface area contributed by atoms with Gasteiger partial charge in [-0.05, 0) is 30.5 Å². The molecule has 7 nitrogen and oxygen atoms in total. The third-order valence-corrected chi connectivity index (χ3v) is 4.49. The summed E-state index contributed by atoms with van der Waals surface area (Å²) in [6, 6.07) is 5.41. The van der Waals surface area contributed by atoms with Crippen molar-refractivity contribution in [2.75, 3.05) is 5.32 Å². The minimum absolute atomic E-state index is 0.00278. The Kier molecular flexibility index (Phi) is 4.65. The summed E-state index contributed by atoms with van der Waals surface area (Å²) in [5, 5.41) is 2.81. The summed E-state index contributed by atoms with van der Waals surface area (Å²) in [7, 11) is 0. The molecule has 2 N–H and O–H groups in total. The first-order chi connectivity index (χ1) is 13.2. The number of rotatable bonds is 5. The largest absolute Gasteiger partial charge is 0.487 e. The van der Waals surface area contributed by atoms with Crippen molar-refractivity contribution < 1.29 is 14.3 Å². The van der Waals surface area contributed by atoms with Crippen molar-refractivity contribution in [3.63, 3.8) is 0 Å². The summed E-state index contributed by atoms with van der Waals surface area (Å²) >= 11 is 0. The number of nitrogens with zero attached hydrogens (tertiary/aromatic N) is 2. The zero-order valence-electron chi connectivity index (χ0n) is 14.6. The number of amides is 1. The Bertz CT molecular complexity index is 982. The Morgan fingerprint density at radius 2 is 1.96 bits per heavy atom. The molecule has 136 valence electrons. The Morgan fingerprint density at radius 3 is 2.81 bits per heavy atom. The van der Waals surface area contributed by atoms with E-state index in [9.17, 15) is 9.59 Å². The van der Waals surface area contributed by atoms with E-state index >= 15 is 0 Å². The standard InChI is InChI=1S/C20H18N4O3/c25-17-3-1-2-15-19(17)14(10-23-15)20(26)24-16-11-22-9-6-18(16)27-12-13-4-7-21-8-5-13/h4-11,23H,1-3,12H2,(H,24,26). The second-order valence-electron chi connectivity index (χ2n) is 6.30. The number of pyridine rings is 2. The van der Waals surface area contributed by atoms with E-state index in [2.05, 4.69) is 20.3 Å². The molecule has 0 unspecified atom stereocenters. The Balaban J connectivity index is 1.52. The minimum Gasteiger partial charge on any atom is -0.487 e. The lowest BCUT2D eigenvalue weighted by atomic mass is 9.93. The lowest BCUT2D eigenvalue weighted by molar-refractivity contribution is 0.0956. The molecule has 3 aromatic heterocycles. The van der Waals surface area contributed by atoms with Crippen LogP contribution in [0.15, 0.2) is 49.2 Å². The van der Waals surface area contributed by atoms with Crippen molar-refractivity contribution in [1.29, 1.82) is 0 Å². The lowest BCUT2D eigenvalue weighted by Crippen LogP contribution is -2.18. The third kappa shape index (κ3) is 3.57. The predicted octanol–water partition coefficient (Wildman–Crippen LogP) is 3.16. The molecule has 0 saturated heterocycles. The maximum Gasteiger partial charge on any atom is 0.258 e. The van der Waals surface area contributed by atoms with Crippen LogP contribution in [0.1, 0.15) is 44.8 Å². The number of H-pyrrole nitrogens is 1. The van der Waals surface area contributed by atoms with E-state index in [1.807, 2.05) is 12.1 Å². The highest BCUT2D eigenvalue weighted by atomic mass is 16.5. The van der Waals surface area contributed by atoms with E-state index in [-0.39, 0.29) is 11.7 Å². The molecule has 0 spiro atoms. The fourth-order valence-corrected chi connectivity index (χ4v) is 3.14. The van der Waals surface area contributed by atoms with Crippen molar-refractivity contribution in [2.24, 2.45) is 0 Å². The van der Waals surface area contributed by atoms with Crippen molar-refractivity contribution in [3.8, 4) is 5.75 Å². The van der Waals surface area contributed by atoms with Gasteiger partial charge in [0.2, 0.25) is 0 Å². The Labute approximate surface area is 155 Å². The molecule has 1 aliphatic rings. The van der Waals surface area contributed by atoms with Crippen LogP contribution in [-0.2, 0) is 13.0 Å². The van der Waals surface area contributed by atoms with E-state index < -0.39 is 0 Å². The smallest absolute Gasteiger partial charge is 0.258 e. The monoisotopic (exact) mass is 362 g/mol. The van der Waals surface area contributed by atoms with Crippen LogP contribution in [0.2, 0.25) is 0 Å². The maximum absolute atomic E-state index is 12.7. The van der Waals surface area contributed by atoms with Gasteiger partial charge in [-0.3, -0.25) is 19.6 Å². The van der Waals surface area contributed by atoms with Crippen LogP contribution in [0, 0.1) is 0 Å². The molecule has 1 amide bonds. The highest BCUT2D eigenvalue weighted by Crippen LogP contribution is 2.27. The summed E-state index contributed by atoms with van der Waals surface area (Å²) in [4.78, 5) is 36.0. The van der Waals surface area contributed by atoms with Gasteiger partial charge >= 0.3 is 0 Å². The zero-order chi connectivity index (χ0) is 18.6. The molecule has 0 aliphatic heterocycles. The molecule has 3 aromatic rings. The van der Waals surface area contributed by atoms with Gasteiger partial charge in [-0.2, -0.15) is 0 Å². The van der Waals surface area contributed by atoms with Gasteiger partial charge in [-0.25, -0.2) is 0 Å². The molecule has 0 bridgehead atoms. The number of aryl methyl sites for hydroxylation is 1. The van der Waals surface area contributed by atoms with E-state index in [1.165, 1.54) is 6.20 Å².